The summed E-state index contributed by atoms with van der Waals surface area (Å²) in [6.07, 6.45) is 4.01. The largest absolute Gasteiger partial charge is 0.454 e. The molecule has 0 unspecified atom stereocenters. The highest BCUT2D eigenvalue weighted by atomic mass is 16.6. The Balaban J connectivity index is 1.61. The van der Waals surface area contributed by atoms with E-state index in [1.165, 1.54) is 0 Å². The summed E-state index contributed by atoms with van der Waals surface area (Å²) in [5, 5.41) is 6.02. The van der Waals surface area contributed by atoms with Gasteiger partial charge in [-0.25, -0.2) is 9.59 Å². The van der Waals surface area contributed by atoms with E-state index in [1.807, 2.05) is 0 Å². The first kappa shape index (κ1) is 32.0. The van der Waals surface area contributed by atoms with Crippen LogP contribution < -0.4 is 10.6 Å². The number of nitrogens with zero attached hydrogens (tertiary/aromatic N) is 2. The molecule has 10 heteroatoms. The van der Waals surface area contributed by atoms with E-state index >= 15 is 0 Å². The molecule has 2 amide bonds. The summed E-state index contributed by atoms with van der Waals surface area (Å²) in [6, 6.07) is 0. The number of hydrogen-bond acceptors (Lipinski definition) is 8. The molecule has 0 atom stereocenters. The molecule has 2 N–H and O–H groups in total. The summed E-state index contributed by atoms with van der Waals surface area (Å²) in [5.74, 6) is -2.00. The third-order valence-corrected chi connectivity index (χ3v) is 8.05. The second-order valence-corrected chi connectivity index (χ2v) is 10.4. The van der Waals surface area contributed by atoms with Gasteiger partial charge in [0, 0.05) is 38.0 Å². The van der Waals surface area contributed by atoms with Crippen molar-refractivity contribution in [1.29, 1.82) is 0 Å². The average molecular weight is 539 g/mol. The van der Waals surface area contributed by atoms with Crippen molar-refractivity contribution in [2.75, 3.05) is 52.4 Å². The topological polar surface area (TPSA) is 117 Å². The maximum atomic E-state index is 12.4. The molecule has 38 heavy (non-hydrogen) atoms. The normalized spacial score (nSPS) is 23.6. The standard InChI is InChI=1S/C28H50N4O6/c1-5-31(6-2)19-17-29-25(33)21-9-13-23(14-10-21)37-27(35)28(36)38-24-15-11-22(12-16-24)26(34)30-18-20-32(7-3)8-4/h21-24H,5-20H2,1-4H3,(H,29,33)(H,30,34). The van der Waals surface area contributed by atoms with Gasteiger partial charge in [0.25, 0.3) is 0 Å². The summed E-state index contributed by atoms with van der Waals surface area (Å²) >= 11 is 0. The Labute approximate surface area is 228 Å². The van der Waals surface area contributed by atoms with Crippen LogP contribution in [-0.2, 0) is 28.7 Å². The Morgan fingerprint density at radius 2 is 0.895 bits per heavy atom. The zero-order chi connectivity index (χ0) is 27.9. The van der Waals surface area contributed by atoms with Crippen molar-refractivity contribution in [3.8, 4) is 0 Å². The molecule has 218 valence electrons. The summed E-state index contributed by atoms with van der Waals surface area (Å²) in [5.41, 5.74) is 0. The summed E-state index contributed by atoms with van der Waals surface area (Å²) in [6.45, 7) is 15.2. The van der Waals surface area contributed by atoms with E-state index in [-0.39, 0.29) is 35.9 Å². The fraction of sp³-hybridized carbons (Fsp3) is 0.857. The van der Waals surface area contributed by atoms with Crippen LogP contribution in [0.25, 0.3) is 0 Å². The van der Waals surface area contributed by atoms with E-state index in [2.05, 4.69) is 48.1 Å². The third-order valence-electron chi connectivity index (χ3n) is 8.05. The minimum Gasteiger partial charge on any atom is -0.454 e. The van der Waals surface area contributed by atoms with Crippen molar-refractivity contribution in [2.24, 2.45) is 11.8 Å². The molecule has 0 bridgehead atoms. The highest BCUT2D eigenvalue weighted by molar-refractivity contribution is 6.29. The van der Waals surface area contributed by atoms with E-state index in [0.717, 1.165) is 39.3 Å². The predicted octanol–water partition coefficient (Wildman–Crippen LogP) is 2.11. The van der Waals surface area contributed by atoms with Crippen molar-refractivity contribution < 1.29 is 28.7 Å². The van der Waals surface area contributed by atoms with Gasteiger partial charge < -0.3 is 29.9 Å². The zero-order valence-corrected chi connectivity index (χ0v) is 24.0. The second kappa shape index (κ2) is 17.4. The molecule has 2 aliphatic carbocycles. The Morgan fingerprint density at radius 1 is 0.579 bits per heavy atom. The minimum absolute atomic E-state index is 0.0505. The lowest BCUT2D eigenvalue weighted by molar-refractivity contribution is -0.176. The van der Waals surface area contributed by atoms with Crippen molar-refractivity contribution in [3.63, 3.8) is 0 Å². The van der Waals surface area contributed by atoms with Gasteiger partial charge in [0.1, 0.15) is 12.2 Å². The lowest BCUT2D eigenvalue weighted by Crippen LogP contribution is -2.40. The molecule has 0 spiro atoms. The monoisotopic (exact) mass is 538 g/mol. The lowest BCUT2D eigenvalue weighted by atomic mass is 9.86. The molecule has 0 saturated heterocycles. The molecule has 0 aromatic carbocycles. The van der Waals surface area contributed by atoms with Gasteiger partial charge in [0.2, 0.25) is 11.8 Å². The van der Waals surface area contributed by atoms with E-state index in [4.69, 9.17) is 9.47 Å². The quantitative estimate of drug-likeness (QED) is 0.255. The van der Waals surface area contributed by atoms with Crippen LogP contribution in [-0.4, -0.2) is 98.1 Å². The van der Waals surface area contributed by atoms with Gasteiger partial charge >= 0.3 is 11.9 Å². The minimum atomic E-state index is -0.964. The van der Waals surface area contributed by atoms with E-state index in [1.54, 1.807) is 0 Å². The number of ether oxygens (including phenoxy) is 2. The van der Waals surface area contributed by atoms with Gasteiger partial charge in [0.05, 0.1) is 0 Å². The first-order valence-corrected chi connectivity index (χ1v) is 14.7. The Kier molecular flexibility index (Phi) is 14.7. The predicted molar refractivity (Wildman–Crippen MR) is 145 cm³/mol. The summed E-state index contributed by atoms with van der Waals surface area (Å²) in [7, 11) is 0. The maximum absolute atomic E-state index is 12.4. The van der Waals surface area contributed by atoms with Gasteiger partial charge in [-0.3, -0.25) is 9.59 Å². The van der Waals surface area contributed by atoms with Gasteiger partial charge in [-0.1, -0.05) is 27.7 Å². The fourth-order valence-electron chi connectivity index (χ4n) is 5.33. The molecule has 0 aromatic heterocycles. The van der Waals surface area contributed by atoms with Crippen molar-refractivity contribution >= 4 is 23.8 Å². The van der Waals surface area contributed by atoms with E-state index in [9.17, 15) is 19.2 Å². The number of hydrogen-bond donors (Lipinski definition) is 2. The molecule has 0 heterocycles. The fourth-order valence-corrected chi connectivity index (χ4v) is 5.33. The lowest BCUT2D eigenvalue weighted by Gasteiger charge is -2.29. The van der Waals surface area contributed by atoms with Gasteiger partial charge in [-0.15, -0.1) is 0 Å². The van der Waals surface area contributed by atoms with Crippen LogP contribution in [0.2, 0.25) is 0 Å². The van der Waals surface area contributed by atoms with Crippen LogP contribution in [0.1, 0.15) is 79.1 Å². The molecule has 0 aromatic rings. The zero-order valence-electron chi connectivity index (χ0n) is 24.0. The molecule has 2 aliphatic rings. The number of amides is 2. The van der Waals surface area contributed by atoms with Crippen molar-refractivity contribution in [2.45, 2.75) is 91.3 Å². The number of esters is 2. The van der Waals surface area contributed by atoms with Crippen molar-refractivity contribution in [3.05, 3.63) is 0 Å². The van der Waals surface area contributed by atoms with Gasteiger partial charge in [-0.05, 0) is 77.5 Å². The van der Waals surface area contributed by atoms with Gasteiger partial charge in [0.15, 0.2) is 0 Å². The third kappa shape index (κ3) is 10.9. The molecule has 2 rings (SSSR count). The number of likely N-dealkylation sites (N-methyl/N-ethyl adjacent to an activating group) is 2. The van der Waals surface area contributed by atoms with E-state index < -0.39 is 11.9 Å². The number of rotatable bonds is 14. The summed E-state index contributed by atoms with van der Waals surface area (Å²) < 4.78 is 10.8. The molecular weight excluding hydrogens is 488 g/mol. The highest BCUT2D eigenvalue weighted by Gasteiger charge is 2.33. The highest BCUT2D eigenvalue weighted by Crippen LogP contribution is 2.28. The van der Waals surface area contributed by atoms with E-state index in [0.29, 0.717) is 64.5 Å². The van der Waals surface area contributed by atoms with Crippen LogP contribution >= 0.6 is 0 Å². The first-order valence-electron chi connectivity index (χ1n) is 14.7. The second-order valence-electron chi connectivity index (χ2n) is 10.4. The van der Waals surface area contributed by atoms with Crippen LogP contribution in [0.4, 0.5) is 0 Å². The molecule has 0 aliphatic heterocycles. The SMILES string of the molecule is CCN(CC)CCNC(=O)C1CCC(OC(=O)C(=O)OC2CCC(C(=O)NCCN(CC)CC)CC2)CC1. The van der Waals surface area contributed by atoms with Gasteiger partial charge in [-0.2, -0.15) is 0 Å². The summed E-state index contributed by atoms with van der Waals surface area (Å²) in [4.78, 5) is 54.0. The average Bonchev–Trinajstić information content (AvgIpc) is 2.94. The Morgan fingerprint density at radius 3 is 1.18 bits per heavy atom. The van der Waals surface area contributed by atoms with Crippen LogP contribution in [0.5, 0.6) is 0 Å². The Hall–Kier alpha value is -2.20. The molecule has 2 saturated carbocycles. The van der Waals surface area contributed by atoms with Crippen molar-refractivity contribution in [1.82, 2.24) is 20.4 Å². The molecule has 2 fully saturated rings. The number of carbonyl (C=O) groups is 4. The first-order chi connectivity index (χ1) is 18.3. The number of nitrogens with one attached hydrogen (secondary N) is 2. The maximum Gasteiger partial charge on any atom is 0.417 e. The number of carbonyl (C=O) groups excluding carboxylic acids is 4. The smallest absolute Gasteiger partial charge is 0.417 e. The van der Waals surface area contributed by atoms with Crippen LogP contribution in [0, 0.1) is 11.8 Å². The van der Waals surface area contributed by atoms with Crippen LogP contribution in [0.15, 0.2) is 0 Å². The van der Waals surface area contributed by atoms with Crippen LogP contribution in [0.3, 0.4) is 0 Å². The molecule has 0 radical (unpaired) electrons. The molecule has 10 nitrogen and oxygen atoms in total. The Bertz CT molecular complexity index is 678. The molecular formula is C28H50N4O6.